The van der Waals surface area contributed by atoms with Crippen LogP contribution >= 0.6 is 0 Å². The number of carbonyl (C=O) groups is 1. The van der Waals surface area contributed by atoms with Gasteiger partial charge in [-0.3, -0.25) is 4.79 Å². The van der Waals surface area contributed by atoms with E-state index in [9.17, 15) is 13.2 Å². The van der Waals surface area contributed by atoms with Gasteiger partial charge in [0.05, 0.1) is 5.69 Å². The second-order valence-electron chi connectivity index (χ2n) is 7.34. The van der Waals surface area contributed by atoms with Crippen molar-refractivity contribution >= 4 is 21.9 Å². The lowest BCUT2D eigenvalue weighted by molar-refractivity contribution is -0.127. The monoisotopic (exact) mass is 414 g/mol. The van der Waals surface area contributed by atoms with E-state index < -0.39 is 10.0 Å². The first-order valence-corrected chi connectivity index (χ1v) is 10.9. The Kier molecular flexibility index (Phi) is 7.81. The van der Waals surface area contributed by atoms with E-state index in [1.807, 2.05) is 4.90 Å². The maximum atomic E-state index is 12.6. The van der Waals surface area contributed by atoms with Crippen LogP contribution in [-0.4, -0.2) is 92.9 Å². The molecule has 1 aliphatic heterocycles. The Morgan fingerprint density at radius 2 is 2.00 bits per heavy atom. The van der Waals surface area contributed by atoms with Crippen molar-refractivity contribution in [2.45, 2.75) is 19.6 Å². The van der Waals surface area contributed by atoms with Crippen LogP contribution in [0.4, 0.5) is 0 Å². The third-order valence-electron chi connectivity index (χ3n) is 4.28. The Hall–Kier alpha value is -2.14. The van der Waals surface area contributed by atoms with Crippen LogP contribution in [0.3, 0.4) is 0 Å². The summed E-state index contributed by atoms with van der Waals surface area (Å²) in [5.74, 6) is 0.793. The molecule has 1 amide bonds. The van der Waals surface area contributed by atoms with E-state index in [-0.39, 0.29) is 18.2 Å². The predicted octanol–water partition coefficient (Wildman–Crippen LogP) is -0.188. The fourth-order valence-corrected chi connectivity index (χ4v) is 4.04. The molecule has 158 valence electrons. The minimum Gasteiger partial charge on any atom is -0.364 e. The lowest BCUT2D eigenvalue weighted by Gasteiger charge is -2.36. The summed E-state index contributed by atoms with van der Waals surface area (Å²) >= 11 is 0. The Labute approximate surface area is 166 Å². The molecule has 1 aromatic rings. The van der Waals surface area contributed by atoms with Crippen molar-refractivity contribution in [3.63, 3.8) is 0 Å². The number of carbonyl (C=O) groups excluding carboxylic acids is 1. The van der Waals surface area contributed by atoms with Crippen LogP contribution in [0, 0.1) is 5.92 Å². The molecule has 0 aliphatic carbocycles. The van der Waals surface area contributed by atoms with Gasteiger partial charge in [0.15, 0.2) is 5.96 Å². The number of rotatable bonds is 7. The molecule has 0 atom stereocenters. The molecule has 0 saturated carbocycles. The molecule has 1 N–H and O–H groups in total. The number of aliphatic imine (C=N–C) groups is 1. The van der Waals surface area contributed by atoms with Gasteiger partial charge in [-0.2, -0.15) is 4.31 Å². The minimum absolute atomic E-state index is 0.0537. The quantitative estimate of drug-likeness (QED) is 0.486. The smallest absolute Gasteiger partial charge is 0.243 e. The zero-order valence-corrected chi connectivity index (χ0v) is 17.8. The first kappa shape index (κ1) is 22.2. The number of likely N-dealkylation sites (N-methyl/N-ethyl adjacent to an activating group) is 1. The number of aromatic nitrogens is 1. The number of hydrogen-bond acceptors (Lipinski definition) is 6. The summed E-state index contributed by atoms with van der Waals surface area (Å²) in [4.78, 5) is 19.8. The van der Waals surface area contributed by atoms with E-state index in [1.54, 1.807) is 20.2 Å². The maximum Gasteiger partial charge on any atom is 0.243 e. The summed E-state index contributed by atoms with van der Waals surface area (Å²) in [5, 5.41) is 6.97. The number of guanidine groups is 1. The highest BCUT2D eigenvalue weighted by molar-refractivity contribution is 7.88. The van der Waals surface area contributed by atoms with Crippen LogP contribution < -0.4 is 5.32 Å². The molecule has 0 aromatic carbocycles. The van der Waals surface area contributed by atoms with Crippen molar-refractivity contribution in [3.05, 3.63) is 18.0 Å². The molecule has 1 aliphatic rings. The molecule has 28 heavy (non-hydrogen) atoms. The van der Waals surface area contributed by atoms with Crippen molar-refractivity contribution in [2.24, 2.45) is 10.9 Å². The lowest BCUT2D eigenvalue weighted by Crippen LogP contribution is -2.54. The van der Waals surface area contributed by atoms with E-state index >= 15 is 0 Å². The third-order valence-corrected chi connectivity index (χ3v) is 6.10. The number of piperazine rings is 1. The molecule has 2 heterocycles. The highest BCUT2D eigenvalue weighted by Gasteiger charge is 2.29. The van der Waals surface area contributed by atoms with Crippen molar-refractivity contribution in [2.75, 3.05) is 53.4 Å². The number of nitrogens with zero attached hydrogens (tertiary/aromatic N) is 5. The number of sulfonamides is 1. The number of hydrogen-bond donors (Lipinski definition) is 1. The van der Waals surface area contributed by atoms with Gasteiger partial charge < -0.3 is 19.6 Å². The molecule has 0 bridgehead atoms. The number of amides is 1. The van der Waals surface area contributed by atoms with Crippen LogP contribution in [0.15, 0.2) is 21.8 Å². The largest absolute Gasteiger partial charge is 0.364 e. The van der Waals surface area contributed by atoms with Crippen molar-refractivity contribution in [1.82, 2.24) is 24.6 Å². The summed E-state index contributed by atoms with van der Waals surface area (Å²) in [5.41, 5.74) is 0.394. The predicted molar refractivity (Wildman–Crippen MR) is 106 cm³/mol. The Bertz CT molecular complexity index is 753. The van der Waals surface area contributed by atoms with Gasteiger partial charge in [0.25, 0.3) is 0 Å². The van der Waals surface area contributed by atoms with Crippen molar-refractivity contribution in [3.8, 4) is 0 Å². The summed E-state index contributed by atoms with van der Waals surface area (Å²) in [6.07, 6.45) is 1.36. The fourth-order valence-electron chi connectivity index (χ4n) is 2.62. The van der Waals surface area contributed by atoms with Crippen molar-refractivity contribution in [1.29, 1.82) is 0 Å². The molecule has 1 aromatic heterocycles. The summed E-state index contributed by atoms with van der Waals surface area (Å²) < 4.78 is 31.3. The first-order valence-electron chi connectivity index (χ1n) is 9.29. The molecule has 0 radical (unpaired) electrons. The Morgan fingerprint density at radius 1 is 1.32 bits per heavy atom. The van der Waals surface area contributed by atoms with E-state index in [0.29, 0.717) is 43.8 Å². The minimum atomic E-state index is -3.45. The van der Waals surface area contributed by atoms with Gasteiger partial charge in [-0.05, 0) is 5.92 Å². The Balaban J connectivity index is 1.99. The van der Waals surface area contributed by atoms with E-state index in [0.717, 1.165) is 6.54 Å². The van der Waals surface area contributed by atoms with E-state index in [1.165, 1.54) is 15.5 Å². The summed E-state index contributed by atoms with van der Waals surface area (Å²) in [6, 6.07) is 1.55. The third kappa shape index (κ3) is 6.48. The van der Waals surface area contributed by atoms with Crippen molar-refractivity contribution < 1.29 is 17.7 Å². The van der Waals surface area contributed by atoms with Crippen LogP contribution in [0.2, 0.25) is 0 Å². The van der Waals surface area contributed by atoms with Crippen LogP contribution in [0.25, 0.3) is 0 Å². The molecular weight excluding hydrogens is 384 g/mol. The first-order chi connectivity index (χ1) is 13.2. The molecule has 0 spiro atoms. The van der Waals surface area contributed by atoms with Crippen LogP contribution in [-0.2, 0) is 20.6 Å². The van der Waals surface area contributed by atoms with Gasteiger partial charge in [0, 0.05) is 52.9 Å². The highest BCUT2D eigenvalue weighted by atomic mass is 32.2. The summed E-state index contributed by atoms with van der Waals surface area (Å²) in [6.45, 7) is 6.65. The molecule has 11 heteroatoms. The lowest BCUT2D eigenvalue weighted by atomic mass is 10.2. The Morgan fingerprint density at radius 3 is 2.54 bits per heavy atom. The molecule has 1 saturated heterocycles. The van der Waals surface area contributed by atoms with E-state index in [2.05, 4.69) is 29.3 Å². The standard InChI is InChI=1S/C17H30N6O4S/c1-14(2)11-18-17(19-12-16(24)21(3)4)22-6-8-23(9-7-22)28(25,26)13-15-5-10-27-20-15/h5,10,14H,6-9,11-13H2,1-4H3,(H,18,19). The van der Waals surface area contributed by atoms with E-state index in [4.69, 9.17) is 4.52 Å². The highest BCUT2D eigenvalue weighted by Crippen LogP contribution is 2.13. The van der Waals surface area contributed by atoms with Gasteiger partial charge in [-0.15, -0.1) is 0 Å². The zero-order valence-electron chi connectivity index (χ0n) is 17.0. The van der Waals surface area contributed by atoms with Crippen LogP contribution in [0.1, 0.15) is 19.5 Å². The van der Waals surface area contributed by atoms with Gasteiger partial charge in [-0.25, -0.2) is 13.4 Å². The average molecular weight is 415 g/mol. The summed E-state index contributed by atoms with van der Waals surface area (Å²) in [7, 11) is -0.0709. The topological polar surface area (TPSA) is 111 Å². The second-order valence-corrected chi connectivity index (χ2v) is 9.30. The maximum absolute atomic E-state index is 12.6. The number of nitrogens with one attached hydrogen (secondary N) is 1. The molecule has 1 fully saturated rings. The second kappa shape index (κ2) is 9.87. The van der Waals surface area contributed by atoms with Crippen LogP contribution in [0.5, 0.6) is 0 Å². The molecule has 10 nitrogen and oxygen atoms in total. The average Bonchev–Trinajstić information content (AvgIpc) is 3.13. The zero-order chi connectivity index (χ0) is 20.7. The normalized spacial score (nSPS) is 16.5. The SMILES string of the molecule is CC(C)CNC(=NCC(=O)N(C)C)N1CCN(S(=O)(=O)Cc2ccon2)CC1. The molecular formula is C17H30N6O4S. The fraction of sp³-hybridized carbons (Fsp3) is 0.706. The van der Waals surface area contributed by atoms with Gasteiger partial charge in [0.1, 0.15) is 18.6 Å². The van der Waals surface area contributed by atoms with Gasteiger partial charge in [0.2, 0.25) is 15.9 Å². The molecule has 0 unspecified atom stereocenters. The molecule has 2 rings (SSSR count). The van der Waals surface area contributed by atoms with Gasteiger partial charge in [-0.1, -0.05) is 19.0 Å². The van der Waals surface area contributed by atoms with Gasteiger partial charge >= 0.3 is 0 Å².